The van der Waals surface area contributed by atoms with Crippen LogP contribution in [0.25, 0.3) is 0 Å². The van der Waals surface area contributed by atoms with E-state index in [1.807, 2.05) is 46.2 Å². The number of fused-ring (bicyclic) bond motifs is 1. The molecule has 2 aromatic rings. The fourth-order valence-electron chi connectivity index (χ4n) is 5.90. The number of carbonyl (C=O) groups excluding carboxylic acids is 2. The van der Waals surface area contributed by atoms with Crippen LogP contribution in [0.5, 0.6) is 0 Å². The predicted molar refractivity (Wildman–Crippen MR) is 129 cm³/mol. The Bertz CT molecular complexity index is 1070. The van der Waals surface area contributed by atoms with Crippen LogP contribution in [0.1, 0.15) is 42.5 Å². The molecule has 1 aliphatic carbocycles. The number of benzene rings is 2. The summed E-state index contributed by atoms with van der Waals surface area (Å²) in [5, 5.41) is 11.1. The van der Waals surface area contributed by atoms with E-state index in [9.17, 15) is 19.7 Å². The average molecular weight is 463 g/mol. The highest BCUT2D eigenvalue weighted by Gasteiger charge is 2.48. The number of amides is 2. The van der Waals surface area contributed by atoms with Crippen molar-refractivity contribution in [3.05, 3.63) is 70.3 Å². The summed E-state index contributed by atoms with van der Waals surface area (Å²) in [5.41, 5.74) is 1.51. The summed E-state index contributed by atoms with van der Waals surface area (Å²) in [6.07, 6.45) is 5.05. The number of nitrogens with zero attached hydrogens (tertiary/aromatic N) is 4. The second kappa shape index (κ2) is 9.44. The second-order valence-electron chi connectivity index (χ2n) is 9.53. The molecule has 0 spiro atoms. The predicted octanol–water partition coefficient (Wildman–Crippen LogP) is 3.72. The molecule has 34 heavy (non-hydrogen) atoms. The van der Waals surface area contributed by atoms with E-state index in [0.717, 1.165) is 37.8 Å². The molecular weight excluding hydrogens is 432 g/mol. The van der Waals surface area contributed by atoms with Gasteiger partial charge >= 0.3 is 0 Å². The first kappa shape index (κ1) is 22.4. The standard InChI is InChI=1S/C26H30N4O4/c31-25(19-7-2-1-3-8-19)29-23-12-5-4-9-20(23)17-24(29)26(32)28-15-13-27(14-16-28)21-10-6-11-22(18-21)30(33)34/h1-3,6-8,10-11,18,20,23-24H,4-5,9,12-17H2. The maximum atomic E-state index is 13.7. The number of nitro benzene ring substituents is 1. The van der Waals surface area contributed by atoms with Gasteiger partial charge < -0.3 is 14.7 Å². The summed E-state index contributed by atoms with van der Waals surface area (Å²) in [7, 11) is 0. The summed E-state index contributed by atoms with van der Waals surface area (Å²) >= 11 is 0. The number of nitro groups is 1. The van der Waals surface area contributed by atoms with E-state index >= 15 is 0 Å². The summed E-state index contributed by atoms with van der Waals surface area (Å²) in [6, 6.07) is 15.7. The van der Waals surface area contributed by atoms with E-state index in [1.54, 1.807) is 12.1 Å². The van der Waals surface area contributed by atoms with Crippen molar-refractivity contribution in [3.63, 3.8) is 0 Å². The Morgan fingerprint density at radius 1 is 0.912 bits per heavy atom. The Kier molecular flexibility index (Phi) is 6.22. The van der Waals surface area contributed by atoms with Gasteiger partial charge in [0.1, 0.15) is 6.04 Å². The first-order chi connectivity index (χ1) is 16.5. The Morgan fingerprint density at radius 3 is 2.38 bits per heavy atom. The first-order valence-corrected chi connectivity index (χ1v) is 12.2. The molecule has 5 rings (SSSR count). The minimum absolute atomic E-state index is 0.0384. The molecule has 1 saturated carbocycles. The number of carbonyl (C=O) groups is 2. The van der Waals surface area contributed by atoms with E-state index in [-0.39, 0.29) is 28.5 Å². The Balaban J connectivity index is 1.31. The molecule has 8 nitrogen and oxygen atoms in total. The molecule has 2 aliphatic heterocycles. The van der Waals surface area contributed by atoms with Gasteiger partial charge in [-0.1, -0.05) is 37.1 Å². The highest BCUT2D eigenvalue weighted by atomic mass is 16.6. The molecular formula is C26H30N4O4. The fourth-order valence-corrected chi connectivity index (χ4v) is 5.90. The van der Waals surface area contributed by atoms with Crippen molar-refractivity contribution >= 4 is 23.2 Å². The Hall–Kier alpha value is -3.42. The third-order valence-electron chi connectivity index (χ3n) is 7.63. The summed E-state index contributed by atoms with van der Waals surface area (Å²) in [5.74, 6) is 0.391. The van der Waals surface area contributed by atoms with Gasteiger partial charge in [0.15, 0.2) is 0 Å². The van der Waals surface area contributed by atoms with Crippen molar-refractivity contribution < 1.29 is 14.5 Å². The van der Waals surface area contributed by atoms with E-state index in [2.05, 4.69) is 4.90 Å². The van der Waals surface area contributed by atoms with Crippen molar-refractivity contribution in [3.8, 4) is 0 Å². The lowest BCUT2D eigenvalue weighted by molar-refractivity contribution is -0.384. The maximum absolute atomic E-state index is 13.7. The molecule has 2 heterocycles. The van der Waals surface area contributed by atoms with Gasteiger partial charge in [-0.15, -0.1) is 0 Å². The quantitative estimate of drug-likeness (QED) is 0.511. The van der Waals surface area contributed by atoms with E-state index in [4.69, 9.17) is 0 Å². The van der Waals surface area contributed by atoms with Crippen molar-refractivity contribution in [2.75, 3.05) is 31.1 Å². The summed E-state index contributed by atoms with van der Waals surface area (Å²) < 4.78 is 0. The third-order valence-corrected chi connectivity index (χ3v) is 7.63. The van der Waals surface area contributed by atoms with Crippen LogP contribution in [0.2, 0.25) is 0 Å². The molecule has 0 bridgehead atoms. The van der Waals surface area contributed by atoms with Crippen LogP contribution in [-0.4, -0.2) is 64.8 Å². The molecule has 3 aliphatic rings. The Morgan fingerprint density at radius 2 is 1.65 bits per heavy atom. The van der Waals surface area contributed by atoms with Crippen molar-refractivity contribution in [1.82, 2.24) is 9.80 Å². The number of rotatable bonds is 4. The number of non-ortho nitro benzene ring substituents is 1. The number of piperazine rings is 1. The molecule has 3 fully saturated rings. The monoisotopic (exact) mass is 462 g/mol. The van der Waals surface area contributed by atoms with Gasteiger partial charge in [-0.2, -0.15) is 0 Å². The third kappa shape index (κ3) is 4.24. The van der Waals surface area contributed by atoms with E-state index in [1.165, 1.54) is 6.07 Å². The van der Waals surface area contributed by atoms with Crippen molar-refractivity contribution in [1.29, 1.82) is 0 Å². The van der Waals surface area contributed by atoms with Crippen LogP contribution in [0.3, 0.4) is 0 Å². The zero-order chi connectivity index (χ0) is 23.7. The molecule has 0 aromatic heterocycles. The lowest BCUT2D eigenvalue weighted by Crippen LogP contribution is -2.55. The van der Waals surface area contributed by atoms with Gasteiger partial charge in [-0.3, -0.25) is 19.7 Å². The smallest absolute Gasteiger partial charge is 0.271 e. The maximum Gasteiger partial charge on any atom is 0.271 e. The highest BCUT2D eigenvalue weighted by molar-refractivity contribution is 5.98. The van der Waals surface area contributed by atoms with Crippen LogP contribution in [0, 0.1) is 16.0 Å². The van der Waals surface area contributed by atoms with Crippen LogP contribution in [0.4, 0.5) is 11.4 Å². The molecule has 178 valence electrons. The van der Waals surface area contributed by atoms with Crippen LogP contribution in [-0.2, 0) is 4.79 Å². The SMILES string of the molecule is O=C(C1CC2CCCCC2N1C(=O)c1ccccc1)N1CCN(c2cccc([N+](=O)[O-])c2)CC1. The minimum atomic E-state index is -0.412. The number of hydrogen-bond donors (Lipinski definition) is 0. The van der Waals surface area contributed by atoms with Crippen LogP contribution < -0.4 is 4.90 Å². The summed E-state index contributed by atoms with van der Waals surface area (Å²) in [6.45, 7) is 2.31. The summed E-state index contributed by atoms with van der Waals surface area (Å²) in [4.78, 5) is 43.8. The van der Waals surface area contributed by atoms with Gasteiger partial charge in [0.05, 0.1) is 4.92 Å². The highest BCUT2D eigenvalue weighted by Crippen LogP contribution is 2.41. The molecule has 3 unspecified atom stereocenters. The van der Waals surface area contributed by atoms with Gasteiger partial charge in [0, 0.05) is 55.6 Å². The molecule has 2 aromatic carbocycles. The first-order valence-electron chi connectivity index (χ1n) is 12.2. The normalized spacial score (nSPS) is 24.6. The van der Waals surface area contributed by atoms with E-state index in [0.29, 0.717) is 37.7 Å². The lowest BCUT2D eigenvalue weighted by atomic mass is 9.84. The number of hydrogen-bond acceptors (Lipinski definition) is 5. The molecule has 3 atom stereocenters. The zero-order valence-corrected chi connectivity index (χ0v) is 19.2. The number of anilines is 1. The van der Waals surface area contributed by atoms with Gasteiger partial charge in [0.2, 0.25) is 5.91 Å². The van der Waals surface area contributed by atoms with Gasteiger partial charge in [0.25, 0.3) is 11.6 Å². The van der Waals surface area contributed by atoms with Crippen LogP contribution >= 0.6 is 0 Å². The molecule has 0 N–H and O–H groups in total. The largest absolute Gasteiger partial charge is 0.368 e. The van der Waals surface area contributed by atoms with Gasteiger partial charge in [-0.05, 0) is 43.4 Å². The Labute approximate surface area is 199 Å². The van der Waals surface area contributed by atoms with Crippen molar-refractivity contribution in [2.24, 2.45) is 5.92 Å². The molecule has 8 heteroatoms. The number of likely N-dealkylation sites (tertiary alicyclic amines) is 1. The molecule has 2 saturated heterocycles. The minimum Gasteiger partial charge on any atom is -0.368 e. The van der Waals surface area contributed by atoms with Crippen molar-refractivity contribution in [2.45, 2.75) is 44.2 Å². The molecule has 0 radical (unpaired) electrons. The average Bonchev–Trinajstić information content (AvgIpc) is 3.28. The topological polar surface area (TPSA) is 87.0 Å². The molecule has 2 amide bonds. The van der Waals surface area contributed by atoms with E-state index < -0.39 is 6.04 Å². The van der Waals surface area contributed by atoms with Crippen LogP contribution in [0.15, 0.2) is 54.6 Å². The second-order valence-corrected chi connectivity index (χ2v) is 9.53. The fraction of sp³-hybridized carbons (Fsp3) is 0.462. The van der Waals surface area contributed by atoms with Gasteiger partial charge in [-0.25, -0.2) is 0 Å². The lowest BCUT2D eigenvalue weighted by Gasteiger charge is -2.39. The zero-order valence-electron chi connectivity index (χ0n) is 19.2.